The molecule has 1 N–H and O–H groups in total. The van der Waals surface area contributed by atoms with Crippen LogP contribution in [0.4, 0.5) is 0 Å². The van der Waals surface area contributed by atoms with Crippen molar-refractivity contribution >= 4 is 0 Å². The summed E-state index contributed by atoms with van der Waals surface area (Å²) in [5.41, 5.74) is 2.47. The summed E-state index contributed by atoms with van der Waals surface area (Å²) in [5.74, 6) is 1.44. The lowest BCUT2D eigenvalue weighted by molar-refractivity contribution is 0.107. The molecule has 0 aromatic heterocycles. The molecule has 3 nitrogen and oxygen atoms in total. The van der Waals surface area contributed by atoms with Gasteiger partial charge in [-0.15, -0.1) is 0 Å². The first-order valence-electron chi connectivity index (χ1n) is 7.22. The first kappa shape index (κ1) is 14.4. The predicted molar refractivity (Wildman–Crippen MR) is 77.7 cm³/mol. The molecule has 1 aliphatic rings. The SMILES string of the molecule is Cc1ccc(OCCN2CCCC(CO)C2)c(C)c1. The molecule has 106 valence electrons. The van der Waals surface area contributed by atoms with Gasteiger partial charge >= 0.3 is 0 Å². The second-order valence-corrected chi connectivity index (χ2v) is 5.61. The lowest BCUT2D eigenvalue weighted by atomic mass is 9.99. The first-order valence-corrected chi connectivity index (χ1v) is 7.22. The number of ether oxygens (including phenoxy) is 1. The van der Waals surface area contributed by atoms with Gasteiger partial charge in [0, 0.05) is 19.7 Å². The van der Waals surface area contributed by atoms with Crippen molar-refractivity contribution in [3.63, 3.8) is 0 Å². The van der Waals surface area contributed by atoms with Crippen LogP contribution in [0, 0.1) is 19.8 Å². The molecule has 0 bridgehead atoms. The molecule has 1 aromatic rings. The minimum absolute atomic E-state index is 0.314. The summed E-state index contributed by atoms with van der Waals surface area (Å²) in [4.78, 5) is 2.40. The minimum atomic E-state index is 0.314. The van der Waals surface area contributed by atoms with Gasteiger partial charge in [-0.2, -0.15) is 0 Å². The van der Waals surface area contributed by atoms with Crippen molar-refractivity contribution in [2.24, 2.45) is 5.92 Å². The van der Waals surface area contributed by atoms with E-state index in [1.807, 2.05) is 0 Å². The van der Waals surface area contributed by atoms with E-state index in [0.717, 1.165) is 38.4 Å². The van der Waals surface area contributed by atoms with Crippen LogP contribution in [0.1, 0.15) is 24.0 Å². The second kappa shape index (κ2) is 6.92. The Morgan fingerprint density at radius 3 is 2.95 bits per heavy atom. The first-order chi connectivity index (χ1) is 9.19. The zero-order valence-corrected chi connectivity index (χ0v) is 12.1. The lowest BCUT2D eigenvalue weighted by Crippen LogP contribution is -2.39. The van der Waals surface area contributed by atoms with E-state index in [9.17, 15) is 5.11 Å². The second-order valence-electron chi connectivity index (χ2n) is 5.61. The fourth-order valence-corrected chi connectivity index (χ4v) is 2.75. The molecule has 2 rings (SSSR count). The summed E-state index contributed by atoms with van der Waals surface area (Å²) in [6.07, 6.45) is 2.35. The van der Waals surface area contributed by atoms with Crippen LogP contribution in [0.5, 0.6) is 5.75 Å². The molecule has 1 unspecified atom stereocenters. The van der Waals surface area contributed by atoms with E-state index in [1.54, 1.807) is 0 Å². The molecule has 1 atom stereocenters. The summed E-state index contributed by atoms with van der Waals surface area (Å²) < 4.78 is 5.86. The summed E-state index contributed by atoms with van der Waals surface area (Å²) in [6.45, 7) is 8.31. The zero-order chi connectivity index (χ0) is 13.7. The number of aryl methyl sites for hydroxylation is 2. The van der Waals surface area contributed by atoms with Crippen LogP contribution in [0.3, 0.4) is 0 Å². The molecule has 1 aromatic carbocycles. The van der Waals surface area contributed by atoms with Gasteiger partial charge in [0.15, 0.2) is 0 Å². The Morgan fingerprint density at radius 2 is 2.21 bits per heavy atom. The zero-order valence-electron chi connectivity index (χ0n) is 12.1. The molecule has 19 heavy (non-hydrogen) atoms. The third-order valence-electron chi connectivity index (χ3n) is 3.86. The Balaban J connectivity index is 1.76. The molecule has 1 aliphatic heterocycles. The number of rotatable bonds is 5. The van der Waals surface area contributed by atoms with E-state index in [-0.39, 0.29) is 0 Å². The molecule has 1 saturated heterocycles. The van der Waals surface area contributed by atoms with Gasteiger partial charge in [-0.3, -0.25) is 4.90 Å². The van der Waals surface area contributed by atoms with Crippen molar-refractivity contribution in [3.05, 3.63) is 29.3 Å². The summed E-state index contributed by atoms with van der Waals surface area (Å²) >= 11 is 0. The number of aliphatic hydroxyl groups excluding tert-OH is 1. The van der Waals surface area contributed by atoms with Gasteiger partial charge in [-0.25, -0.2) is 0 Å². The molecule has 0 radical (unpaired) electrons. The molecule has 1 fully saturated rings. The van der Waals surface area contributed by atoms with Gasteiger partial charge < -0.3 is 9.84 Å². The summed E-state index contributed by atoms with van der Waals surface area (Å²) in [5, 5.41) is 9.22. The fraction of sp³-hybridized carbons (Fsp3) is 0.625. The molecule has 0 amide bonds. The summed E-state index contributed by atoms with van der Waals surface area (Å²) in [6, 6.07) is 6.29. The van der Waals surface area contributed by atoms with Crippen LogP contribution >= 0.6 is 0 Å². The predicted octanol–water partition coefficient (Wildman–Crippen LogP) is 2.39. The normalized spacial score (nSPS) is 20.5. The van der Waals surface area contributed by atoms with Crippen molar-refractivity contribution in [3.8, 4) is 5.75 Å². The highest BCUT2D eigenvalue weighted by Crippen LogP contribution is 2.19. The Bertz CT molecular complexity index is 406. The van der Waals surface area contributed by atoms with Gasteiger partial charge in [0.25, 0.3) is 0 Å². The van der Waals surface area contributed by atoms with Crippen LogP contribution in [0.2, 0.25) is 0 Å². The highest BCUT2D eigenvalue weighted by atomic mass is 16.5. The van der Waals surface area contributed by atoms with E-state index in [4.69, 9.17) is 4.74 Å². The van der Waals surface area contributed by atoms with E-state index in [2.05, 4.69) is 36.9 Å². The number of benzene rings is 1. The van der Waals surface area contributed by atoms with Crippen molar-refractivity contribution in [2.45, 2.75) is 26.7 Å². The summed E-state index contributed by atoms with van der Waals surface area (Å²) in [7, 11) is 0. The molecular formula is C16H25NO2. The van der Waals surface area contributed by atoms with Crippen molar-refractivity contribution in [1.29, 1.82) is 0 Å². The molecule has 0 spiro atoms. The van der Waals surface area contributed by atoms with Gasteiger partial charge in [0.1, 0.15) is 12.4 Å². The molecular weight excluding hydrogens is 238 g/mol. The van der Waals surface area contributed by atoms with Crippen LogP contribution in [0.15, 0.2) is 18.2 Å². The number of hydrogen-bond donors (Lipinski definition) is 1. The number of hydrogen-bond acceptors (Lipinski definition) is 3. The van der Waals surface area contributed by atoms with Crippen LogP contribution in [-0.2, 0) is 0 Å². The smallest absolute Gasteiger partial charge is 0.122 e. The third-order valence-corrected chi connectivity index (χ3v) is 3.86. The number of aliphatic hydroxyl groups is 1. The number of nitrogens with zero attached hydrogens (tertiary/aromatic N) is 1. The van der Waals surface area contributed by atoms with Crippen LogP contribution < -0.4 is 4.74 Å². The number of piperidine rings is 1. The largest absolute Gasteiger partial charge is 0.492 e. The average Bonchev–Trinajstić information content (AvgIpc) is 2.41. The molecule has 1 heterocycles. The average molecular weight is 263 g/mol. The Kier molecular flexibility index (Phi) is 5.23. The maximum atomic E-state index is 9.22. The topological polar surface area (TPSA) is 32.7 Å². The highest BCUT2D eigenvalue weighted by molar-refractivity contribution is 5.35. The van der Waals surface area contributed by atoms with Gasteiger partial charge in [0.2, 0.25) is 0 Å². The maximum absolute atomic E-state index is 9.22. The quantitative estimate of drug-likeness (QED) is 0.885. The van der Waals surface area contributed by atoms with E-state index >= 15 is 0 Å². The Morgan fingerprint density at radius 1 is 1.37 bits per heavy atom. The van der Waals surface area contributed by atoms with Crippen LogP contribution in [0.25, 0.3) is 0 Å². The Hall–Kier alpha value is -1.06. The van der Waals surface area contributed by atoms with Gasteiger partial charge in [0.05, 0.1) is 0 Å². The lowest BCUT2D eigenvalue weighted by Gasteiger charge is -2.31. The monoisotopic (exact) mass is 263 g/mol. The van der Waals surface area contributed by atoms with Crippen molar-refractivity contribution < 1.29 is 9.84 Å². The van der Waals surface area contributed by atoms with Crippen molar-refractivity contribution in [1.82, 2.24) is 4.90 Å². The standard InChI is InChI=1S/C16H25NO2/c1-13-5-6-16(14(2)10-13)19-9-8-17-7-3-4-15(11-17)12-18/h5-6,10,15,18H,3-4,7-9,11-12H2,1-2H3. The number of likely N-dealkylation sites (tertiary alicyclic amines) is 1. The minimum Gasteiger partial charge on any atom is -0.492 e. The molecule has 0 aliphatic carbocycles. The van der Waals surface area contributed by atoms with Crippen LogP contribution in [-0.4, -0.2) is 42.9 Å². The fourth-order valence-electron chi connectivity index (χ4n) is 2.75. The van der Waals surface area contributed by atoms with Gasteiger partial charge in [-0.1, -0.05) is 17.7 Å². The van der Waals surface area contributed by atoms with Gasteiger partial charge in [-0.05, 0) is 50.8 Å². The third kappa shape index (κ3) is 4.22. The molecule has 3 heteroatoms. The van der Waals surface area contributed by atoms with E-state index in [0.29, 0.717) is 12.5 Å². The van der Waals surface area contributed by atoms with E-state index in [1.165, 1.54) is 17.5 Å². The molecule has 0 saturated carbocycles. The Labute approximate surface area is 116 Å². The van der Waals surface area contributed by atoms with Crippen molar-refractivity contribution in [2.75, 3.05) is 32.8 Å². The maximum Gasteiger partial charge on any atom is 0.122 e. The highest BCUT2D eigenvalue weighted by Gasteiger charge is 2.18. The van der Waals surface area contributed by atoms with E-state index < -0.39 is 0 Å².